The minimum Gasteiger partial charge on any atom is -0.371 e. The molecule has 2 aromatic rings. The normalized spacial score (nSPS) is 26.6. The van der Waals surface area contributed by atoms with Crippen LogP contribution >= 0.6 is 0 Å². The van der Waals surface area contributed by atoms with Crippen LogP contribution in [0, 0.1) is 13.8 Å². The molecule has 0 spiro atoms. The van der Waals surface area contributed by atoms with Gasteiger partial charge in [0.05, 0.1) is 12.6 Å². The number of carbonyl (C=O) groups is 1. The summed E-state index contributed by atoms with van der Waals surface area (Å²) in [6.45, 7) is 8.09. The average molecular weight is 447 g/mol. The highest BCUT2D eigenvalue weighted by molar-refractivity contribution is 5.75. The third-order valence-electron chi connectivity index (χ3n) is 5.87. The first-order chi connectivity index (χ1) is 15.1. The van der Waals surface area contributed by atoms with Crippen LogP contribution in [0.4, 0.5) is 0 Å². The Morgan fingerprint density at radius 3 is 2.75 bits per heavy atom. The summed E-state index contributed by atoms with van der Waals surface area (Å²) in [5.41, 5.74) is 0.464. The Bertz CT molecular complexity index is 1100. The van der Waals surface area contributed by atoms with E-state index >= 15 is 0 Å². The summed E-state index contributed by atoms with van der Waals surface area (Å²) in [7, 11) is 0. The molecule has 2 aliphatic rings. The van der Waals surface area contributed by atoms with Crippen LogP contribution in [0.15, 0.2) is 28.0 Å². The first-order valence-electron chi connectivity index (χ1n) is 10.7. The van der Waals surface area contributed by atoms with Crippen LogP contribution in [0.25, 0.3) is 0 Å². The molecular weight excluding hydrogens is 418 g/mol. The molecule has 0 radical (unpaired) electrons. The monoisotopic (exact) mass is 447 g/mol. The standard InChI is InChI=1S/C21H29N5O6/c1-12-10-25(20(29)24-19(12)28)14-11-30-15(18-17(14)31-21(3,4)32-18)9-22-16(27)6-8-26-13(2)5-7-23-26/h5,7,10,14-15,17-18H,6,8-9,11H2,1-4H3,(H,22,27)(H,24,28,29)/t14-,15-,17+,18-/m1/s1. The molecule has 4 rings (SSSR count). The van der Waals surface area contributed by atoms with Crippen molar-refractivity contribution in [1.29, 1.82) is 0 Å². The minimum atomic E-state index is -0.873. The Morgan fingerprint density at radius 2 is 2.03 bits per heavy atom. The molecule has 0 aliphatic carbocycles. The topological polar surface area (TPSA) is 129 Å². The lowest BCUT2D eigenvalue weighted by Crippen LogP contribution is -2.54. The van der Waals surface area contributed by atoms with Crippen LogP contribution < -0.4 is 16.6 Å². The SMILES string of the molecule is Cc1cn([C@@H]2CO[C@H](CNC(=O)CCn3nccc3C)[C@H]3OC(C)(C)O[C@H]32)c(=O)[nH]c1=O. The molecule has 32 heavy (non-hydrogen) atoms. The van der Waals surface area contributed by atoms with Crippen molar-refractivity contribution in [3.63, 3.8) is 0 Å². The van der Waals surface area contributed by atoms with E-state index in [4.69, 9.17) is 14.2 Å². The summed E-state index contributed by atoms with van der Waals surface area (Å²) in [4.78, 5) is 38.8. The van der Waals surface area contributed by atoms with Gasteiger partial charge in [0.15, 0.2) is 5.79 Å². The minimum absolute atomic E-state index is 0.118. The van der Waals surface area contributed by atoms with Gasteiger partial charge in [-0.2, -0.15) is 5.10 Å². The second-order valence-electron chi connectivity index (χ2n) is 8.73. The molecule has 0 saturated carbocycles. The molecular formula is C21H29N5O6. The maximum Gasteiger partial charge on any atom is 0.328 e. The molecule has 174 valence electrons. The molecule has 4 heterocycles. The number of ether oxygens (including phenoxy) is 3. The van der Waals surface area contributed by atoms with Gasteiger partial charge >= 0.3 is 5.69 Å². The van der Waals surface area contributed by atoms with Crippen LogP contribution in [0.5, 0.6) is 0 Å². The number of hydrogen-bond donors (Lipinski definition) is 2. The summed E-state index contributed by atoms with van der Waals surface area (Å²) >= 11 is 0. The van der Waals surface area contributed by atoms with E-state index in [-0.39, 0.29) is 19.1 Å². The zero-order chi connectivity index (χ0) is 23.0. The van der Waals surface area contributed by atoms with Gasteiger partial charge in [-0.05, 0) is 33.8 Å². The number of hydrogen-bond acceptors (Lipinski definition) is 7. The van der Waals surface area contributed by atoms with Gasteiger partial charge in [0, 0.05) is 43.2 Å². The number of H-pyrrole nitrogens is 1. The quantitative estimate of drug-likeness (QED) is 0.638. The molecule has 4 atom stereocenters. The van der Waals surface area contributed by atoms with Crippen molar-refractivity contribution in [3.8, 4) is 0 Å². The van der Waals surface area contributed by atoms with E-state index < -0.39 is 41.4 Å². The number of aromatic amines is 1. The van der Waals surface area contributed by atoms with Crippen molar-refractivity contribution in [2.75, 3.05) is 13.2 Å². The number of rotatable bonds is 6. The van der Waals surface area contributed by atoms with Crippen LogP contribution in [0.3, 0.4) is 0 Å². The van der Waals surface area contributed by atoms with Gasteiger partial charge in [-0.15, -0.1) is 0 Å². The Hall–Kier alpha value is -2.76. The molecule has 0 aromatic carbocycles. The summed E-state index contributed by atoms with van der Waals surface area (Å²) in [6, 6.07) is 1.41. The number of nitrogens with zero attached hydrogens (tertiary/aromatic N) is 3. The lowest BCUT2D eigenvalue weighted by molar-refractivity contribution is -0.153. The van der Waals surface area contributed by atoms with Crippen molar-refractivity contribution >= 4 is 5.91 Å². The fraction of sp³-hybridized carbons (Fsp3) is 0.619. The second-order valence-corrected chi connectivity index (χ2v) is 8.73. The molecule has 11 nitrogen and oxygen atoms in total. The Labute approximate surface area is 184 Å². The smallest absolute Gasteiger partial charge is 0.328 e. The van der Waals surface area contributed by atoms with Crippen molar-refractivity contribution in [3.05, 3.63) is 50.6 Å². The number of fused-ring (bicyclic) bond motifs is 1. The first kappa shape index (κ1) is 22.4. The van der Waals surface area contributed by atoms with E-state index in [1.54, 1.807) is 31.6 Å². The van der Waals surface area contributed by atoms with Crippen molar-refractivity contribution in [2.45, 2.75) is 70.8 Å². The molecule has 2 aliphatic heterocycles. The summed E-state index contributed by atoms with van der Waals surface area (Å²) in [6.07, 6.45) is 2.11. The van der Waals surface area contributed by atoms with E-state index in [1.165, 1.54) is 10.8 Å². The highest BCUT2D eigenvalue weighted by Gasteiger charge is 2.52. The van der Waals surface area contributed by atoms with E-state index in [0.29, 0.717) is 18.5 Å². The molecule has 11 heteroatoms. The Balaban J connectivity index is 1.43. The van der Waals surface area contributed by atoms with Crippen molar-refractivity contribution in [2.24, 2.45) is 0 Å². The largest absolute Gasteiger partial charge is 0.371 e. The van der Waals surface area contributed by atoms with Gasteiger partial charge in [0.1, 0.15) is 18.3 Å². The van der Waals surface area contributed by atoms with Gasteiger partial charge in [-0.25, -0.2) is 4.79 Å². The maximum atomic E-state index is 12.4. The molecule has 2 N–H and O–H groups in total. The van der Waals surface area contributed by atoms with E-state index in [2.05, 4.69) is 15.4 Å². The predicted octanol–water partition coefficient (Wildman–Crippen LogP) is 0.0164. The molecule has 2 saturated heterocycles. The number of nitrogens with one attached hydrogen (secondary N) is 2. The van der Waals surface area contributed by atoms with E-state index in [0.717, 1.165) is 5.69 Å². The van der Waals surface area contributed by atoms with Crippen molar-refractivity contribution < 1.29 is 19.0 Å². The molecule has 2 aromatic heterocycles. The first-order valence-corrected chi connectivity index (χ1v) is 10.7. The molecule has 1 amide bonds. The van der Waals surface area contributed by atoms with Gasteiger partial charge in [-0.1, -0.05) is 0 Å². The lowest BCUT2D eigenvalue weighted by atomic mass is 9.97. The molecule has 2 fully saturated rings. The van der Waals surface area contributed by atoms with Gasteiger partial charge in [0.2, 0.25) is 5.91 Å². The second kappa shape index (κ2) is 8.64. The number of aromatic nitrogens is 4. The van der Waals surface area contributed by atoms with E-state index in [9.17, 15) is 14.4 Å². The Kier molecular flexibility index (Phi) is 6.06. The average Bonchev–Trinajstić information content (AvgIpc) is 3.28. The van der Waals surface area contributed by atoms with Crippen molar-refractivity contribution in [1.82, 2.24) is 24.6 Å². The fourth-order valence-electron chi connectivity index (χ4n) is 4.20. The van der Waals surface area contributed by atoms with Crippen LogP contribution in [-0.2, 0) is 25.5 Å². The zero-order valence-electron chi connectivity index (χ0n) is 18.7. The number of carbonyl (C=O) groups excluding carboxylic acids is 1. The Morgan fingerprint density at radius 1 is 1.28 bits per heavy atom. The third kappa shape index (κ3) is 4.54. The number of amides is 1. The number of aryl methyl sites for hydroxylation is 3. The van der Waals surface area contributed by atoms with Crippen LogP contribution in [-0.4, -0.2) is 62.5 Å². The third-order valence-corrected chi connectivity index (χ3v) is 5.87. The summed E-state index contributed by atoms with van der Waals surface area (Å²) in [5.74, 6) is -0.991. The highest BCUT2D eigenvalue weighted by Crippen LogP contribution is 2.39. The lowest BCUT2D eigenvalue weighted by Gasteiger charge is -2.37. The summed E-state index contributed by atoms with van der Waals surface area (Å²) in [5, 5.41) is 7.08. The van der Waals surface area contributed by atoms with Gasteiger partial charge < -0.3 is 19.5 Å². The van der Waals surface area contributed by atoms with Gasteiger partial charge in [0.25, 0.3) is 5.56 Å². The predicted molar refractivity (Wildman–Crippen MR) is 113 cm³/mol. The van der Waals surface area contributed by atoms with E-state index in [1.807, 2.05) is 13.0 Å². The van der Waals surface area contributed by atoms with Crippen LogP contribution in [0.1, 0.15) is 37.6 Å². The highest BCUT2D eigenvalue weighted by atomic mass is 16.8. The zero-order valence-corrected chi connectivity index (χ0v) is 18.7. The van der Waals surface area contributed by atoms with Gasteiger partial charge in [-0.3, -0.25) is 23.8 Å². The fourth-order valence-corrected chi connectivity index (χ4v) is 4.20. The molecule has 0 bridgehead atoms. The summed E-state index contributed by atoms with van der Waals surface area (Å²) < 4.78 is 21.4. The molecule has 0 unspecified atom stereocenters. The maximum absolute atomic E-state index is 12.4. The van der Waals surface area contributed by atoms with Crippen LogP contribution in [0.2, 0.25) is 0 Å².